The smallest absolute Gasteiger partial charge is 0.113 e. The summed E-state index contributed by atoms with van der Waals surface area (Å²) in [5.74, 6) is 0. The molecule has 0 spiro atoms. The molecule has 2 radical (unpaired) electrons. The average Bonchev–Trinajstić information content (AvgIpc) is 2.17. The lowest BCUT2D eigenvalue weighted by molar-refractivity contribution is 0.508. The van der Waals surface area contributed by atoms with Crippen LogP contribution in [0, 0.1) is 0 Å². The first-order chi connectivity index (χ1) is 6.51. The van der Waals surface area contributed by atoms with Gasteiger partial charge >= 0.3 is 0 Å². The van der Waals surface area contributed by atoms with Crippen LogP contribution in [-0.2, 0) is 5.41 Å². The zero-order valence-corrected chi connectivity index (χ0v) is 9.52. The van der Waals surface area contributed by atoms with E-state index in [2.05, 4.69) is 32.2 Å². The van der Waals surface area contributed by atoms with E-state index in [1.807, 2.05) is 19.2 Å². The summed E-state index contributed by atoms with van der Waals surface area (Å²) in [6.07, 6.45) is 1.12. The summed E-state index contributed by atoms with van der Waals surface area (Å²) in [4.78, 5) is 0. The van der Waals surface area contributed by atoms with Gasteiger partial charge in [-0.25, -0.2) is 0 Å². The first-order valence-corrected chi connectivity index (χ1v) is 5.09. The van der Waals surface area contributed by atoms with Crippen LogP contribution in [0.3, 0.4) is 0 Å². The Hall–Kier alpha value is -0.915. The second-order valence-corrected chi connectivity index (χ2v) is 4.29. The number of nitrogens with one attached hydrogen (secondary N) is 1. The summed E-state index contributed by atoms with van der Waals surface area (Å²) in [7, 11) is 7.68. The highest BCUT2D eigenvalue weighted by molar-refractivity contribution is 6.32. The lowest BCUT2D eigenvalue weighted by Crippen LogP contribution is -2.19. The molecule has 0 aliphatic rings. The predicted octanol–water partition coefficient (Wildman–Crippen LogP) is 2.21. The van der Waals surface area contributed by atoms with Crippen LogP contribution in [0.4, 0.5) is 5.69 Å². The molecule has 1 rings (SSSR count). The van der Waals surface area contributed by atoms with E-state index < -0.39 is 0 Å². The minimum atomic E-state index is 0.200. The molecule has 0 unspecified atom stereocenters. The topological polar surface area (TPSA) is 12.0 Å². The van der Waals surface area contributed by atoms with E-state index in [4.69, 9.17) is 7.85 Å². The largest absolute Gasteiger partial charge is 0.388 e. The van der Waals surface area contributed by atoms with E-state index in [1.165, 1.54) is 5.56 Å². The molecule has 14 heavy (non-hydrogen) atoms. The van der Waals surface area contributed by atoms with Gasteiger partial charge in [0.15, 0.2) is 0 Å². The SMILES string of the molecule is [B]c1ccc(C(C)(C)CC)c(NC)c1. The molecule has 0 bridgehead atoms. The molecule has 0 aliphatic carbocycles. The average molecular weight is 187 g/mol. The van der Waals surface area contributed by atoms with Gasteiger partial charge in [0.1, 0.15) is 7.85 Å². The molecule has 0 aliphatic heterocycles. The maximum Gasteiger partial charge on any atom is 0.113 e. The second-order valence-electron chi connectivity index (χ2n) is 4.29. The molecule has 1 aromatic carbocycles. The molecule has 0 heterocycles. The normalized spacial score (nSPS) is 11.4. The summed E-state index contributed by atoms with van der Waals surface area (Å²) >= 11 is 0. The van der Waals surface area contributed by atoms with Crippen molar-refractivity contribution in [1.29, 1.82) is 0 Å². The van der Waals surface area contributed by atoms with Crippen LogP contribution in [0.5, 0.6) is 0 Å². The van der Waals surface area contributed by atoms with Crippen molar-refractivity contribution in [3.8, 4) is 0 Å². The maximum absolute atomic E-state index is 5.75. The van der Waals surface area contributed by atoms with Crippen molar-refractivity contribution in [3.63, 3.8) is 0 Å². The van der Waals surface area contributed by atoms with Crippen molar-refractivity contribution in [2.75, 3.05) is 12.4 Å². The third-order valence-electron chi connectivity index (χ3n) is 2.93. The van der Waals surface area contributed by atoms with E-state index in [9.17, 15) is 0 Å². The van der Waals surface area contributed by atoms with Gasteiger partial charge in [-0.3, -0.25) is 0 Å². The highest BCUT2D eigenvalue weighted by atomic mass is 14.8. The molecule has 0 atom stereocenters. The van der Waals surface area contributed by atoms with Gasteiger partial charge < -0.3 is 5.32 Å². The molecule has 1 nitrogen and oxygen atoms in total. The highest BCUT2D eigenvalue weighted by Crippen LogP contribution is 2.31. The van der Waals surface area contributed by atoms with Crippen molar-refractivity contribution >= 4 is 19.0 Å². The van der Waals surface area contributed by atoms with Crippen LogP contribution in [0.25, 0.3) is 0 Å². The lowest BCUT2D eigenvalue weighted by atomic mass is 9.79. The minimum Gasteiger partial charge on any atom is -0.388 e. The Morgan fingerprint density at radius 2 is 2.00 bits per heavy atom. The van der Waals surface area contributed by atoms with Gasteiger partial charge in [0.05, 0.1) is 0 Å². The van der Waals surface area contributed by atoms with Gasteiger partial charge in [0.2, 0.25) is 0 Å². The molecule has 1 aromatic rings. The van der Waals surface area contributed by atoms with Crippen LogP contribution < -0.4 is 10.8 Å². The van der Waals surface area contributed by atoms with Gasteiger partial charge in [-0.2, -0.15) is 0 Å². The van der Waals surface area contributed by atoms with Gasteiger partial charge in [-0.15, -0.1) is 0 Å². The molecule has 0 fully saturated rings. The third kappa shape index (κ3) is 2.12. The fourth-order valence-corrected chi connectivity index (χ4v) is 1.55. The number of hydrogen-bond acceptors (Lipinski definition) is 1. The molecule has 0 saturated heterocycles. The molecule has 1 N–H and O–H groups in total. The second kappa shape index (κ2) is 4.08. The standard InChI is InChI=1S/C12H18BN/c1-5-12(2,3)10-7-6-9(13)8-11(10)14-4/h6-8,14H,5H2,1-4H3. The molecule has 2 heteroatoms. The quantitative estimate of drug-likeness (QED) is 0.715. The maximum atomic E-state index is 5.75. The summed E-state index contributed by atoms with van der Waals surface area (Å²) in [6, 6.07) is 6.07. The van der Waals surface area contributed by atoms with Crippen molar-refractivity contribution in [3.05, 3.63) is 23.8 Å². The minimum absolute atomic E-state index is 0.200. The van der Waals surface area contributed by atoms with Crippen molar-refractivity contribution in [2.45, 2.75) is 32.6 Å². The summed E-state index contributed by atoms with van der Waals surface area (Å²) < 4.78 is 0. The van der Waals surface area contributed by atoms with Crippen LogP contribution in [0.15, 0.2) is 18.2 Å². The van der Waals surface area contributed by atoms with E-state index in [0.29, 0.717) is 0 Å². The Balaban J connectivity index is 3.20. The fraction of sp³-hybridized carbons (Fsp3) is 0.500. The molecule has 0 aromatic heterocycles. The molecular weight excluding hydrogens is 169 g/mol. The van der Waals surface area contributed by atoms with Crippen LogP contribution in [0.1, 0.15) is 32.8 Å². The van der Waals surface area contributed by atoms with E-state index in [1.54, 1.807) is 0 Å². The Labute approximate surface area is 88.3 Å². The van der Waals surface area contributed by atoms with E-state index >= 15 is 0 Å². The van der Waals surface area contributed by atoms with Gasteiger partial charge in [-0.1, -0.05) is 38.4 Å². The fourth-order valence-electron chi connectivity index (χ4n) is 1.55. The van der Waals surface area contributed by atoms with E-state index in [-0.39, 0.29) is 5.41 Å². The monoisotopic (exact) mass is 187 g/mol. The number of benzene rings is 1. The summed E-state index contributed by atoms with van der Waals surface area (Å²) in [6.45, 7) is 6.70. The Morgan fingerprint density at radius 1 is 1.36 bits per heavy atom. The van der Waals surface area contributed by atoms with Crippen LogP contribution in [0.2, 0.25) is 0 Å². The lowest BCUT2D eigenvalue weighted by Gasteiger charge is -2.26. The predicted molar refractivity (Wildman–Crippen MR) is 64.7 cm³/mol. The molecule has 0 saturated carbocycles. The first-order valence-electron chi connectivity index (χ1n) is 5.09. The number of rotatable bonds is 3. The molecule has 0 amide bonds. The Bertz CT molecular complexity index is 318. The van der Waals surface area contributed by atoms with Gasteiger partial charge in [0, 0.05) is 12.7 Å². The number of anilines is 1. The third-order valence-corrected chi connectivity index (χ3v) is 2.93. The summed E-state index contributed by atoms with van der Waals surface area (Å²) in [5, 5.41) is 3.20. The Morgan fingerprint density at radius 3 is 2.50 bits per heavy atom. The zero-order chi connectivity index (χ0) is 10.8. The van der Waals surface area contributed by atoms with Crippen molar-refractivity contribution in [2.24, 2.45) is 0 Å². The first kappa shape index (κ1) is 11.2. The van der Waals surface area contributed by atoms with Crippen molar-refractivity contribution < 1.29 is 0 Å². The number of hydrogen-bond donors (Lipinski definition) is 1. The summed E-state index contributed by atoms with van der Waals surface area (Å²) in [5.41, 5.74) is 3.48. The Kier molecular flexibility index (Phi) is 3.25. The molecule has 74 valence electrons. The van der Waals surface area contributed by atoms with Gasteiger partial charge in [0.25, 0.3) is 0 Å². The molecular formula is C12H18BN. The van der Waals surface area contributed by atoms with Crippen LogP contribution >= 0.6 is 0 Å². The highest BCUT2D eigenvalue weighted by Gasteiger charge is 2.20. The van der Waals surface area contributed by atoms with Crippen LogP contribution in [-0.4, -0.2) is 14.9 Å². The van der Waals surface area contributed by atoms with E-state index in [0.717, 1.165) is 17.6 Å². The zero-order valence-electron chi connectivity index (χ0n) is 9.52. The van der Waals surface area contributed by atoms with Crippen molar-refractivity contribution in [1.82, 2.24) is 0 Å². The van der Waals surface area contributed by atoms with Gasteiger partial charge in [-0.05, 0) is 23.5 Å².